The number of nitrogens with two attached hydrogens (primary N) is 1. The first-order chi connectivity index (χ1) is 17.9. The maximum atomic E-state index is 13.0. The van der Waals surface area contributed by atoms with Crippen molar-refractivity contribution >= 4 is 34.2 Å². The predicted molar refractivity (Wildman–Crippen MR) is 137 cm³/mol. The number of amides is 1. The van der Waals surface area contributed by atoms with Crippen LogP contribution in [0.1, 0.15) is 23.2 Å². The molecule has 1 amide bonds. The van der Waals surface area contributed by atoms with Crippen LogP contribution in [-0.4, -0.2) is 77.7 Å². The molecule has 0 bridgehead atoms. The fraction of sp³-hybridized carbons (Fsp3) is 0.400. The van der Waals surface area contributed by atoms with Gasteiger partial charge in [0.1, 0.15) is 12.4 Å². The Balaban J connectivity index is 1.48. The normalized spacial score (nSPS) is 13.9. The molecule has 4 rings (SSSR count). The van der Waals surface area contributed by atoms with Crippen LogP contribution in [0.2, 0.25) is 0 Å². The molecule has 0 saturated carbocycles. The summed E-state index contributed by atoms with van der Waals surface area (Å²) in [7, 11) is 3.00. The standard InChI is InChI=1S/C25H30N6O6/c1-30-21(29-23(33)16-13-27-25(26)28-14-16)12-19-18(24(30)34)5-6-20(22(19)35-2)37-15-17(32)4-3-7-31-8-10-36-11-9-31/h5-6,12-14H,3-4,7-11,15H2,1-2H3,(H,29,33)(H2,26,27,28). The number of methoxy groups -OCH3 is 1. The van der Waals surface area contributed by atoms with Gasteiger partial charge in [0.25, 0.3) is 11.5 Å². The van der Waals surface area contributed by atoms with Crippen molar-refractivity contribution < 1.29 is 23.8 Å². The Morgan fingerprint density at radius 2 is 1.89 bits per heavy atom. The van der Waals surface area contributed by atoms with Gasteiger partial charge in [-0.25, -0.2) is 9.97 Å². The molecule has 3 heterocycles. The fourth-order valence-corrected chi connectivity index (χ4v) is 4.08. The van der Waals surface area contributed by atoms with Crippen LogP contribution in [0.3, 0.4) is 0 Å². The number of hydrogen-bond donors (Lipinski definition) is 2. The molecule has 12 nitrogen and oxygen atoms in total. The van der Waals surface area contributed by atoms with Crippen molar-refractivity contribution in [2.24, 2.45) is 7.05 Å². The number of carbonyl (C=O) groups is 2. The maximum absolute atomic E-state index is 13.0. The molecular weight excluding hydrogens is 480 g/mol. The second-order valence-corrected chi connectivity index (χ2v) is 8.62. The molecule has 37 heavy (non-hydrogen) atoms. The Labute approximate surface area is 213 Å². The number of hydrogen-bond acceptors (Lipinski definition) is 10. The van der Waals surface area contributed by atoms with Crippen molar-refractivity contribution in [1.82, 2.24) is 19.4 Å². The summed E-state index contributed by atoms with van der Waals surface area (Å²) in [4.78, 5) is 48.0. The minimum absolute atomic E-state index is 0.0296. The molecule has 1 aliphatic rings. The lowest BCUT2D eigenvalue weighted by atomic mass is 10.1. The summed E-state index contributed by atoms with van der Waals surface area (Å²) in [5.41, 5.74) is 5.31. The fourth-order valence-electron chi connectivity index (χ4n) is 4.08. The average Bonchev–Trinajstić information content (AvgIpc) is 2.91. The van der Waals surface area contributed by atoms with E-state index in [9.17, 15) is 14.4 Å². The number of morpholine rings is 1. The van der Waals surface area contributed by atoms with Gasteiger partial charge in [-0.1, -0.05) is 0 Å². The van der Waals surface area contributed by atoms with E-state index in [2.05, 4.69) is 20.2 Å². The van der Waals surface area contributed by atoms with Crippen LogP contribution in [0.4, 0.5) is 11.8 Å². The van der Waals surface area contributed by atoms with Crippen LogP contribution in [0, 0.1) is 0 Å². The topological polar surface area (TPSA) is 151 Å². The molecular formula is C25H30N6O6. The highest BCUT2D eigenvalue weighted by atomic mass is 16.5. The van der Waals surface area contributed by atoms with E-state index in [1.807, 2.05) is 0 Å². The largest absolute Gasteiger partial charge is 0.492 e. The summed E-state index contributed by atoms with van der Waals surface area (Å²) in [5, 5.41) is 3.50. The van der Waals surface area contributed by atoms with E-state index < -0.39 is 5.91 Å². The first-order valence-electron chi connectivity index (χ1n) is 11.9. The number of pyridine rings is 1. The summed E-state index contributed by atoms with van der Waals surface area (Å²) in [6.45, 7) is 3.95. The third kappa shape index (κ3) is 6.22. The zero-order chi connectivity index (χ0) is 26.4. The molecule has 1 aliphatic heterocycles. The monoisotopic (exact) mass is 510 g/mol. The first kappa shape index (κ1) is 26.0. The number of nitrogens with zero attached hydrogens (tertiary/aromatic N) is 4. The van der Waals surface area contributed by atoms with Crippen molar-refractivity contribution in [1.29, 1.82) is 0 Å². The van der Waals surface area contributed by atoms with E-state index in [4.69, 9.17) is 19.9 Å². The highest BCUT2D eigenvalue weighted by molar-refractivity contribution is 6.04. The van der Waals surface area contributed by atoms with Crippen LogP contribution in [-0.2, 0) is 16.6 Å². The van der Waals surface area contributed by atoms with Crippen LogP contribution in [0.5, 0.6) is 11.5 Å². The molecule has 1 saturated heterocycles. The SMILES string of the molecule is COc1c(OCC(=O)CCCN2CCOCC2)ccc2c(=O)n(C)c(NC(=O)c3cnc(N)nc3)cc12. The summed E-state index contributed by atoms with van der Waals surface area (Å²) >= 11 is 0. The zero-order valence-corrected chi connectivity index (χ0v) is 20.9. The van der Waals surface area contributed by atoms with E-state index in [1.165, 1.54) is 24.1 Å². The molecule has 0 aliphatic carbocycles. The van der Waals surface area contributed by atoms with Gasteiger partial charge < -0.3 is 25.3 Å². The molecule has 3 N–H and O–H groups in total. The van der Waals surface area contributed by atoms with Gasteiger partial charge in [-0.2, -0.15) is 0 Å². The molecule has 0 unspecified atom stereocenters. The number of carbonyl (C=O) groups excluding carboxylic acids is 2. The van der Waals surface area contributed by atoms with Crippen molar-refractivity contribution in [3.63, 3.8) is 0 Å². The van der Waals surface area contributed by atoms with E-state index in [0.717, 1.165) is 39.3 Å². The minimum Gasteiger partial charge on any atom is -0.492 e. The Kier molecular flexibility index (Phi) is 8.31. The number of ketones is 1. The van der Waals surface area contributed by atoms with Gasteiger partial charge in [0.05, 0.1) is 31.3 Å². The van der Waals surface area contributed by atoms with Crippen molar-refractivity contribution in [2.45, 2.75) is 12.8 Å². The number of rotatable bonds is 10. The lowest BCUT2D eigenvalue weighted by Gasteiger charge is -2.26. The lowest BCUT2D eigenvalue weighted by Crippen LogP contribution is -2.37. The van der Waals surface area contributed by atoms with Crippen LogP contribution in [0.15, 0.2) is 35.4 Å². The van der Waals surface area contributed by atoms with Crippen LogP contribution < -0.4 is 26.1 Å². The minimum atomic E-state index is -0.511. The molecule has 196 valence electrons. The number of ether oxygens (including phenoxy) is 3. The number of nitrogen functional groups attached to an aromatic ring is 1. The summed E-state index contributed by atoms with van der Waals surface area (Å²) in [6.07, 6.45) is 3.73. The Hall–Kier alpha value is -4.03. The highest BCUT2D eigenvalue weighted by Gasteiger charge is 2.18. The van der Waals surface area contributed by atoms with Gasteiger partial charge >= 0.3 is 0 Å². The van der Waals surface area contributed by atoms with Gasteiger partial charge in [-0.15, -0.1) is 0 Å². The average molecular weight is 511 g/mol. The Morgan fingerprint density at radius 1 is 1.16 bits per heavy atom. The quantitative estimate of drug-likeness (QED) is 0.407. The van der Waals surface area contributed by atoms with Crippen molar-refractivity contribution in [3.8, 4) is 11.5 Å². The van der Waals surface area contributed by atoms with Crippen LogP contribution >= 0.6 is 0 Å². The highest BCUT2D eigenvalue weighted by Crippen LogP contribution is 2.35. The second kappa shape index (κ2) is 11.8. The number of nitrogens with one attached hydrogen (secondary N) is 1. The molecule has 1 aromatic carbocycles. The molecule has 0 spiro atoms. The summed E-state index contributed by atoms with van der Waals surface area (Å²) < 4.78 is 18.0. The lowest BCUT2D eigenvalue weighted by molar-refractivity contribution is -0.121. The zero-order valence-electron chi connectivity index (χ0n) is 20.9. The molecule has 2 aromatic heterocycles. The predicted octanol–water partition coefficient (Wildman–Crippen LogP) is 1.23. The molecule has 12 heteroatoms. The summed E-state index contributed by atoms with van der Waals surface area (Å²) in [5.74, 6) is 0.356. The van der Waals surface area contributed by atoms with Crippen molar-refractivity contribution in [2.75, 3.05) is 57.6 Å². The number of aromatic nitrogens is 3. The maximum Gasteiger partial charge on any atom is 0.259 e. The molecule has 0 atom stereocenters. The number of Topliss-reactive ketones (excluding diaryl/α,β-unsaturated/α-hetero) is 1. The van der Waals surface area contributed by atoms with Gasteiger partial charge in [0, 0.05) is 44.3 Å². The van der Waals surface area contributed by atoms with Crippen molar-refractivity contribution in [3.05, 3.63) is 46.5 Å². The van der Waals surface area contributed by atoms with E-state index >= 15 is 0 Å². The van der Waals surface area contributed by atoms with Gasteiger partial charge in [-0.3, -0.25) is 23.9 Å². The van der Waals surface area contributed by atoms with Gasteiger partial charge in [0.2, 0.25) is 5.95 Å². The third-order valence-electron chi connectivity index (χ3n) is 6.14. The van der Waals surface area contributed by atoms with Gasteiger partial charge in [0.15, 0.2) is 17.3 Å². The van der Waals surface area contributed by atoms with Crippen LogP contribution in [0.25, 0.3) is 10.8 Å². The smallest absolute Gasteiger partial charge is 0.259 e. The Morgan fingerprint density at radius 3 is 2.59 bits per heavy atom. The molecule has 3 aromatic rings. The van der Waals surface area contributed by atoms with E-state index in [-0.39, 0.29) is 35.3 Å². The number of fused-ring (bicyclic) bond motifs is 1. The number of benzene rings is 1. The first-order valence-corrected chi connectivity index (χ1v) is 11.9. The van der Waals surface area contributed by atoms with Gasteiger partial charge in [-0.05, 0) is 31.2 Å². The molecule has 1 fully saturated rings. The molecule has 0 radical (unpaired) electrons. The third-order valence-corrected chi connectivity index (χ3v) is 6.14. The van der Waals surface area contributed by atoms with E-state index in [0.29, 0.717) is 28.7 Å². The van der Waals surface area contributed by atoms with E-state index in [1.54, 1.807) is 25.2 Å². The second-order valence-electron chi connectivity index (χ2n) is 8.62. The Bertz CT molecular complexity index is 1330. The summed E-state index contributed by atoms with van der Waals surface area (Å²) in [6, 6.07) is 4.83. The number of anilines is 2.